The molecule has 0 aromatic heterocycles. The first-order chi connectivity index (χ1) is 9.83. The van der Waals surface area contributed by atoms with E-state index < -0.39 is 10.2 Å². The Bertz CT molecular complexity index is 718. The number of nitrogens with zero attached hydrogens (tertiary/aromatic N) is 3. The lowest BCUT2D eigenvalue weighted by Gasteiger charge is -2.21. The van der Waals surface area contributed by atoms with E-state index in [4.69, 9.17) is 32.7 Å². The molecule has 0 fully saturated rings. The number of methoxy groups -OCH3 is 1. The summed E-state index contributed by atoms with van der Waals surface area (Å²) in [5.41, 5.74) is 0.635. The van der Waals surface area contributed by atoms with Crippen molar-refractivity contribution in [3.8, 4) is 0 Å². The van der Waals surface area contributed by atoms with Crippen LogP contribution in [0, 0.1) is 0 Å². The van der Waals surface area contributed by atoms with Gasteiger partial charge in [-0.1, -0.05) is 33.7 Å². The summed E-state index contributed by atoms with van der Waals surface area (Å²) < 4.78 is 37.7. The third-order valence-corrected chi connectivity index (χ3v) is 4.38. The van der Waals surface area contributed by atoms with Crippen LogP contribution < -0.4 is 0 Å². The Morgan fingerprint density at radius 1 is 1.33 bits per heavy atom. The predicted octanol–water partition coefficient (Wildman–Crippen LogP) is 2.06. The van der Waals surface area contributed by atoms with Gasteiger partial charge in [-0.2, -0.15) is 8.42 Å². The molecule has 0 N–H and O–H groups in total. The van der Waals surface area contributed by atoms with E-state index in [-0.39, 0.29) is 18.7 Å². The van der Waals surface area contributed by atoms with Crippen molar-refractivity contribution in [1.82, 2.24) is 4.31 Å². The highest BCUT2D eigenvalue weighted by Gasteiger charge is 2.29. The first-order valence-electron chi connectivity index (χ1n) is 5.61. The van der Waals surface area contributed by atoms with Crippen LogP contribution in [0.4, 0.5) is 0 Å². The number of aliphatic imine (C=N–C) groups is 1. The van der Waals surface area contributed by atoms with Crippen LogP contribution >= 0.6 is 23.2 Å². The number of amidine groups is 2. The first kappa shape index (κ1) is 15.9. The van der Waals surface area contributed by atoms with Crippen LogP contribution in [0.1, 0.15) is 5.56 Å². The van der Waals surface area contributed by atoms with Crippen molar-refractivity contribution in [1.29, 1.82) is 0 Å². The number of ether oxygens (including phenoxy) is 2. The SMILES string of the molecule is COC1=NS(=O)(=O)N(C)C(OCc2ccc(Cl)cc2Cl)=N1. The summed E-state index contributed by atoms with van der Waals surface area (Å²) in [5, 5.41) is 0.900. The maximum absolute atomic E-state index is 11.7. The van der Waals surface area contributed by atoms with Gasteiger partial charge in [0.1, 0.15) is 6.61 Å². The monoisotopic (exact) mass is 351 g/mol. The van der Waals surface area contributed by atoms with Crippen molar-refractivity contribution >= 4 is 45.5 Å². The molecule has 0 spiro atoms. The molecule has 1 heterocycles. The van der Waals surface area contributed by atoms with Crippen LogP contribution in [0.2, 0.25) is 10.0 Å². The lowest BCUT2D eigenvalue weighted by Crippen LogP contribution is -2.38. The molecule has 0 unspecified atom stereocenters. The van der Waals surface area contributed by atoms with Crippen molar-refractivity contribution in [3.63, 3.8) is 0 Å². The minimum Gasteiger partial charge on any atom is -0.466 e. The fraction of sp³-hybridized carbons (Fsp3) is 0.273. The van der Waals surface area contributed by atoms with Gasteiger partial charge < -0.3 is 9.47 Å². The lowest BCUT2D eigenvalue weighted by molar-refractivity contribution is 0.257. The summed E-state index contributed by atoms with van der Waals surface area (Å²) in [6, 6.07) is 4.43. The van der Waals surface area contributed by atoms with Crippen molar-refractivity contribution in [3.05, 3.63) is 33.8 Å². The molecule has 1 aliphatic heterocycles. The quantitative estimate of drug-likeness (QED) is 0.816. The molecule has 0 saturated carbocycles. The molecule has 0 amide bonds. The molecule has 0 atom stereocenters. The summed E-state index contributed by atoms with van der Waals surface area (Å²) in [4.78, 5) is 3.84. The molecule has 114 valence electrons. The van der Waals surface area contributed by atoms with Gasteiger partial charge in [0.15, 0.2) is 0 Å². The van der Waals surface area contributed by atoms with E-state index in [1.54, 1.807) is 18.2 Å². The zero-order chi connectivity index (χ0) is 15.6. The van der Waals surface area contributed by atoms with Crippen LogP contribution in [0.15, 0.2) is 27.6 Å². The van der Waals surface area contributed by atoms with E-state index in [9.17, 15) is 8.42 Å². The average molecular weight is 352 g/mol. The standard InChI is InChI=1S/C11H11Cl2N3O4S/c1-16-11(14-10(19-2)15-21(16,17)18)20-6-7-3-4-8(12)5-9(7)13/h3-5H,6H2,1-2H3. The van der Waals surface area contributed by atoms with Gasteiger partial charge >= 0.3 is 22.3 Å². The smallest absolute Gasteiger partial charge is 0.352 e. The molecule has 21 heavy (non-hydrogen) atoms. The third-order valence-electron chi connectivity index (χ3n) is 2.55. The van der Waals surface area contributed by atoms with Gasteiger partial charge in [-0.3, -0.25) is 0 Å². The van der Waals surface area contributed by atoms with Crippen molar-refractivity contribution in [2.75, 3.05) is 14.2 Å². The molecule has 0 bridgehead atoms. The Kier molecular flexibility index (Phi) is 4.60. The summed E-state index contributed by atoms with van der Waals surface area (Å²) >= 11 is 11.8. The molecular weight excluding hydrogens is 341 g/mol. The second-order valence-corrected chi connectivity index (χ2v) is 6.41. The van der Waals surface area contributed by atoms with Gasteiger partial charge in [0, 0.05) is 22.7 Å². The predicted molar refractivity (Wildman–Crippen MR) is 79.8 cm³/mol. The molecule has 0 saturated heterocycles. The van der Waals surface area contributed by atoms with Gasteiger partial charge in [-0.15, -0.1) is 4.99 Å². The second-order valence-electron chi connectivity index (χ2n) is 3.94. The van der Waals surface area contributed by atoms with E-state index in [0.29, 0.717) is 15.6 Å². The number of halogens is 2. The van der Waals surface area contributed by atoms with Gasteiger partial charge in [-0.05, 0) is 12.1 Å². The first-order valence-corrected chi connectivity index (χ1v) is 7.77. The highest BCUT2D eigenvalue weighted by atomic mass is 35.5. The fourth-order valence-electron chi connectivity index (χ4n) is 1.42. The van der Waals surface area contributed by atoms with Crippen LogP contribution in [0.5, 0.6) is 0 Å². The van der Waals surface area contributed by atoms with E-state index in [1.165, 1.54) is 14.2 Å². The molecule has 1 aliphatic rings. The van der Waals surface area contributed by atoms with E-state index in [0.717, 1.165) is 4.31 Å². The largest absolute Gasteiger partial charge is 0.466 e. The molecule has 1 aromatic rings. The van der Waals surface area contributed by atoms with Crippen LogP contribution in [0.3, 0.4) is 0 Å². The number of hydrogen-bond acceptors (Lipinski definition) is 5. The normalized spacial score (nSPS) is 17.0. The molecule has 0 aliphatic carbocycles. The van der Waals surface area contributed by atoms with E-state index in [2.05, 4.69) is 9.39 Å². The molecule has 7 nitrogen and oxygen atoms in total. The molecule has 2 rings (SSSR count). The van der Waals surface area contributed by atoms with E-state index >= 15 is 0 Å². The molecule has 0 radical (unpaired) electrons. The van der Waals surface area contributed by atoms with Crippen LogP contribution in [0.25, 0.3) is 0 Å². The topological polar surface area (TPSA) is 80.6 Å². The Morgan fingerprint density at radius 2 is 2.05 bits per heavy atom. The fourth-order valence-corrected chi connectivity index (χ4v) is 2.61. The van der Waals surface area contributed by atoms with Gasteiger partial charge in [0.2, 0.25) is 0 Å². The highest BCUT2D eigenvalue weighted by Crippen LogP contribution is 2.22. The minimum atomic E-state index is -3.91. The van der Waals surface area contributed by atoms with Crippen molar-refractivity contribution < 1.29 is 17.9 Å². The van der Waals surface area contributed by atoms with Crippen molar-refractivity contribution in [2.45, 2.75) is 6.61 Å². The summed E-state index contributed by atoms with van der Waals surface area (Å²) in [6.07, 6.45) is 0. The summed E-state index contributed by atoms with van der Waals surface area (Å²) in [7, 11) is -1.37. The molecule has 10 heteroatoms. The summed E-state index contributed by atoms with van der Waals surface area (Å²) in [6.45, 7) is 0.0195. The number of hydrogen-bond donors (Lipinski definition) is 0. The minimum absolute atomic E-state index is 0.0195. The Hall–Kier alpha value is -1.51. The maximum Gasteiger partial charge on any atom is 0.352 e. The Labute approximate surface area is 132 Å². The van der Waals surface area contributed by atoms with Gasteiger partial charge in [0.25, 0.3) is 0 Å². The molecular formula is C11H11Cl2N3O4S. The van der Waals surface area contributed by atoms with Gasteiger partial charge in [-0.25, -0.2) is 4.31 Å². The highest BCUT2D eigenvalue weighted by molar-refractivity contribution is 7.88. The zero-order valence-corrected chi connectivity index (χ0v) is 13.4. The maximum atomic E-state index is 11.7. The molecule has 1 aromatic carbocycles. The van der Waals surface area contributed by atoms with E-state index in [1.807, 2.05) is 0 Å². The van der Waals surface area contributed by atoms with Crippen LogP contribution in [-0.2, 0) is 26.3 Å². The summed E-state index contributed by atoms with van der Waals surface area (Å²) in [5.74, 6) is 0. The average Bonchev–Trinajstić information content (AvgIpc) is 2.41. The zero-order valence-electron chi connectivity index (χ0n) is 11.1. The second kappa shape index (κ2) is 6.08. The third kappa shape index (κ3) is 3.58. The van der Waals surface area contributed by atoms with Crippen LogP contribution in [-0.4, -0.2) is 38.9 Å². The Balaban J connectivity index is 2.19. The number of rotatable bonds is 2. The van der Waals surface area contributed by atoms with Crippen molar-refractivity contribution in [2.24, 2.45) is 9.39 Å². The van der Waals surface area contributed by atoms with Gasteiger partial charge in [0.05, 0.1) is 7.11 Å². The lowest BCUT2D eigenvalue weighted by atomic mass is 10.2. The number of benzene rings is 1. The Morgan fingerprint density at radius 3 is 2.67 bits per heavy atom.